The normalized spacial score (nSPS) is 17.6. The first-order valence-electron chi connectivity index (χ1n) is 22.5. The summed E-state index contributed by atoms with van der Waals surface area (Å²) in [6.07, 6.45) is 41.6. The van der Waals surface area contributed by atoms with Gasteiger partial charge in [0.1, 0.15) is 19.8 Å². The number of carbonyl (C=O) groups excluding carboxylic acids is 2. The number of nitrogens with zero attached hydrogens (tertiary/aromatic N) is 1. The van der Waals surface area contributed by atoms with Crippen molar-refractivity contribution in [3.63, 3.8) is 0 Å². The number of allylic oxidation sites excluding steroid dienone is 7. The van der Waals surface area contributed by atoms with Gasteiger partial charge in [-0.2, -0.15) is 0 Å². The monoisotopic (exact) mass is 824 g/mol. The smallest absolute Gasteiger partial charge is 0.306 e. The second-order valence-electron chi connectivity index (χ2n) is 16.4. The number of likely N-dealkylation sites (N-methyl/N-ethyl adjacent to an activating group) is 1. The lowest BCUT2D eigenvalue weighted by Crippen LogP contribution is -2.37. The van der Waals surface area contributed by atoms with Crippen molar-refractivity contribution in [2.24, 2.45) is 0 Å². The Labute approximate surface area is 348 Å². The number of phosphoric ester groups is 1. The van der Waals surface area contributed by atoms with Crippen LogP contribution in [0.2, 0.25) is 0 Å². The van der Waals surface area contributed by atoms with Crippen LogP contribution in [-0.2, 0) is 37.4 Å². The highest BCUT2D eigenvalue weighted by atomic mass is 31.2. The zero-order valence-corrected chi connectivity index (χ0v) is 37.6. The highest BCUT2D eigenvalue weighted by Crippen LogP contribution is 2.38. The Hall–Kier alpha value is -2.07. The Morgan fingerprint density at radius 2 is 1.18 bits per heavy atom. The van der Waals surface area contributed by atoms with Crippen molar-refractivity contribution in [3.8, 4) is 0 Å². The minimum absolute atomic E-state index is 0.0418. The standard InChI is InChI=1S/C46H82NO9P/c1-6-8-10-11-12-13-14-15-16-17-18-19-20-21-26-29-33-37-46(49)55-42(41-54-57(50,51)53-39-38-47(3,4)5)40-52-45(48)36-32-28-25-23-22-24-27-31-35-44-43(56-44)34-30-9-7-2/h12-13,15-16,18-19,27,31,42-44H,6-11,14,17,20-26,28-30,32-41H2,1-5H3/b13-12-,16-15-,19-18-,31-27-/t42-,43?,44?/m1/s1. The molecular formula is C46H82NO9P. The molecular weight excluding hydrogens is 741 g/mol. The molecule has 4 atom stereocenters. The van der Waals surface area contributed by atoms with E-state index in [4.69, 9.17) is 23.3 Å². The van der Waals surface area contributed by atoms with Crippen LogP contribution in [0.1, 0.15) is 168 Å². The molecule has 10 nitrogen and oxygen atoms in total. The molecule has 0 saturated carbocycles. The fraction of sp³-hybridized carbons (Fsp3) is 0.783. The van der Waals surface area contributed by atoms with E-state index in [1.807, 2.05) is 21.1 Å². The molecule has 0 amide bonds. The zero-order chi connectivity index (χ0) is 41.9. The van der Waals surface area contributed by atoms with Gasteiger partial charge in [0.25, 0.3) is 7.82 Å². The number of epoxide rings is 1. The molecule has 57 heavy (non-hydrogen) atoms. The van der Waals surface area contributed by atoms with Crippen molar-refractivity contribution in [1.82, 2.24) is 0 Å². The molecule has 0 bridgehead atoms. The second-order valence-corrected chi connectivity index (χ2v) is 17.9. The molecule has 0 spiro atoms. The maximum Gasteiger partial charge on any atom is 0.306 e. The molecule has 1 saturated heterocycles. The van der Waals surface area contributed by atoms with E-state index in [-0.39, 0.29) is 26.1 Å². The molecule has 330 valence electrons. The Balaban J connectivity index is 2.30. The van der Waals surface area contributed by atoms with Gasteiger partial charge < -0.3 is 32.6 Å². The fourth-order valence-electron chi connectivity index (χ4n) is 6.08. The van der Waals surface area contributed by atoms with Crippen LogP contribution in [0, 0.1) is 0 Å². The molecule has 1 fully saturated rings. The van der Waals surface area contributed by atoms with Gasteiger partial charge in [0.15, 0.2) is 6.10 Å². The van der Waals surface area contributed by atoms with E-state index in [1.165, 1.54) is 51.4 Å². The van der Waals surface area contributed by atoms with Crippen molar-refractivity contribution < 1.29 is 46.8 Å². The van der Waals surface area contributed by atoms with Gasteiger partial charge in [0.2, 0.25) is 0 Å². The molecule has 3 unspecified atom stereocenters. The molecule has 0 aromatic rings. The third-order valence-electron chi connectivity index (χ3n) is 9.75. The number of unbranched alkanes of at least 4 members (excludes halogenated alkanes) is 14. The maximum absolute atomic E-state index is 12.7. The summed E-state index contributed by atoms with van der Waals surface area (Å²) in [6, 6.07) is 0. The summed E-state index contributed by atoms with van der Waals surface area (Å²) in [4.78, 5) is 37.6. The lowest BCUT2D eigenvalue weighted by molar-refractivity contribution is -0.870. The van der Waals surface area contributed by atoms with Crippen LogP contribution in [0.15, 0.2) is 48.6 Å². The van der Waals surface area contributed by atoms with Gasteiger partial charge in [-0.3, -0.25) is 14.2 Å². The van der Waals surface area contributed by atoms with Crippen LogP contribution in [0.4, 0.5) is 0 Å². The minimum atomic E-state index is -4.64. The molecule has 0 aromatic heterocycles. The average Bonchev–Trinajstić information content (AvgIpc) is 3.91. The summed E-state index contributed by atoms with van der Waals surface area (Å²) in [5.74, 6) is -0.884. The quantitative estimate of drug-likeness (QED) is 0.0149. The molecule has 1 aliphatic rings. The number of carbonyl (C=O) groups is 2. The van der Waals surface area contributed by atoms with Crippen molar-refractivity contribution in [2.45, 2.75) is 186 Å². The van der Waals surface area contributed by atoms with Gasteiger partial charge in [-0.1, -0.05) is 127 Å². The van der Waals surface area contributed by atoms with E-state index in [9.17, 15) is 19.0 Å². The zero-order valence-electron chi connectivity index (χ0n) is 36.7. The van der Waals surface area contributed by atoms with Gasteiger partial charge in [0.05, 0.1) is 40.0 Å². The number of hydrogen-bond acceptors (Lipinski definition) is 9. The molecule has 11 heteroatoms. The molecule has 0 N–H and O–H groups in total. The van der Waals surface area contributed by atoms with Crippen molar-refractivity contribution >= 4 is 19.8 Å². The molecule has 0 radical (unpaired) electrons. The second kappa shape index (κ2) is 34.8. The Morgan fingerprint density at radius 3 is 1.79 bits per heavy atom. The summed E-state index contributed by atoms with van der Waals surface area (Å²) >= 11 is 0. The lowest BCUT2D eigenvalue weighted by Gasteiger charge is -2.28. The molecule has 0 aromatic carbocycles. The number of phosphoric acid groups is 1. The van der Waals surface area contributed by atoms with E-state index in [0.29, 0.717) is 36.1 Å². The Morgan fingerprint density at radius 1 is 0.649 bits per heavy atom. The van der Waals surface area contributed by atoms with Gasteiger partial charge >= 0.3 is 11.9 Å². The topological polar surface area (TPSA) is 124 Å². The molecule has 1 aliphatic heterocycles. The van der Waals surface area contributed by atoms with Crippen LogP contribution < -0.4 is 4.89 Å². The number of quaternary nitrogens is 1. The van der Waals surface area contributed by atoms with E-state index in [0.717, 1.165) is 77.0 Å². The Bertz CT molecular complexity index is 1180. The van der Waals surface area contributed by atoms with Crippen LogP contribution in [0.25, 0.3) is 0 Å². The van der Waals surface area contributed by atoms with Crippen LogP contribution in [0.3, 0.4) is 0 Å². The van der Waals surface area contributed by atoms with E-state index in [2.05, 4.69) is 62.5 Å². The summed E-state index contributed by atoms with van der Waals surface area (Å²) in [5.41, 5.74) is 0. The van der Waals surface area contributed by atoms with E-state index in [1.54, 1.807) is 0 Å². The van der Waals surface area contributed by atoms with E-state index >= 15 is 0 Å². The largest absolute Gasteiger partial charge is 0.756 e. The number of rotatable bonds is 39. The minimum Gasteiger partial charge on any atom is -0.756 e. The number of esters is 2. The maximum atomic E-state index is 12.7. The number of ether oxygens (including phenoxy) is 3. The van der Waals surface area contributed by atoms with Gasteiger partial charge in [-0.25, -0.2) is 0 Å². The van der Waals surface area contributed by atoms with Crippen molar-refractivity contribution in [3.05, 3.63) is 48.6 Å². The average molecular weight is 824 g/mol. The molecule has 1 rings (SSSR count). The van der Waals surface area contributed by atoms with Gasteiger partial charge in [0, 0.05) is 12.8 Å². The summed E-state index contributed by atoms with van der Waals surface area (Å²) in [7, 11) is 1.13. The lowest BCUT2D eigenvalue weighted by atomic mass is 10.1. The SMILES string of the molecule is CCCCC/C=C\C/C=C\C/C=C\CCCCCCC(=O)O[C@H](COC(=O)CCCCCCC/C=C\CC1OC1CCCCC)COP(=O)([O-])OCC[N+](C)(C)C. The molecule has 0 aliphatic carbocycles. The summed E-state index contributed by atoms with van der Waals surface area (Å²) < 4.78 is 39.6. The first-order valence-corrected chi connectivity index (χ1v) is 23.9. The predicted molar refractivity (Wildman–Crippen MR) is 231 cm³/mol. The highest BCUT2D eigenvalue weighted by Gasteiger charge is 2.36. The first kappa shape index (κ1) is 52.9. The van der Waals surface area contributed by atoms with Gasteiger partial charge in [-0.05, 0) is 77.0 Å². The van der Waals surface area contributed by atoms with Crippen molar-refractivity contribution in [2.75, 3.05) is 47.5 Å². The third-order valence-corrected chi connectivity index (χ3v) is 10.7. The van der Waals surface area contributed by atoms with Crippen LogP contribution >= 0.6 is 7.82 Å². The number of hydrogen-bond donors (Lipinski definition) is 0. The van der Waals surface area contributed by atoms with Crippen molar-refractivity contribution in [1.29, 1.82) is 0 Å². The highest BCUT2D eigenvalue weighted by molar-refractivity contribution is 7.45. The summed E-state index contributed by atoms with van der Waals surface area (Å²) in [5, 5.41) is 0. The van der Waals surface area contributed by atoms with E-state index < -0.39 is 32.5 Å². The predicted octanol–water partition coefficient (Wildman–Crippen LogP) is 11.0. The third kappa shape index (κ3) is 35.6. The fourth-order valence-corrected chi connectivity index (χ4v) is 6.81. The van der Waals surface area contributed by atoms with Gasteiger partial charge in [-0.15, -0.1) is 0 Å². The van der Waals surface area contributed by atoms with Crippen LogP contribution in [0.5, 0.6) is 0 Å². The summed E-state index contributed by atoms with van der Waals surface area (Å²) in [6.45, 7) is 4.11. The Kier molecular flexibility index (Phi) is 32.3. The molecule has 1 heterocycles. The van der Waals surface area contributed by atoms with Crippen LogP contribution in [-0.4, -0.2) is 82.2 Å². The first-order chi connectivity index (χ1) is 27.5.